The zero-order valence-electron chi connectivity index (χ0n) is 9.66. The molecular formula is C14H11BrCl2O. The van der Waals surface area contributed by atoms with Gasteiger partial charge in [0.25, 0.3) is 0 Å². The third-order valence-electron chi connectivity index (χ3n) is 2.39. The second-order valence-electron chi connectivity index (χ2n) is 3.90. The lowest BCUT2D eigenvalue weighted by Crippen LogP contribution is -1.88. The van der Waals surface area contributed by atoms with Crippen LogP contribution in [-0.2, 0) is 0 Å². The minimum absolute atomic E-state index is 0.281. The number of alkyl halides is 1. The third kappa shape index (κ3) is 3.64. The molecule has 0 aliphatic rings. The first-order valence-electron chi connectivity index (χ1n) is 5.42. The number of rotatable bonds is 3. The predicted octanol–water partition coefficient (Wildman–Crippen LogP) is 6.24. The van der Waals surface area contributed by atoms with E-state index in [9.17, 15) is 0 Å². The summed E-state index contributed by atoms with van der Waals surface area (Å²) >= 11 is 15.4. The fourth-order valence-electron chi connectivity index (χ4n) is 1.55. The molecule has 0 radical (unpaired) electrons. The summed E-state index contributed by atoms with van der Waals surface area (Å²) in [7, 11) is 0. The zero-order valence-corrected chi connectivity index (χ0v) is 12.8. The van der Waals surface area contributed by atoms with Crippen LogP contribution in [-0.4, -0.2) is 0 Å². The summed E-state index contributed by atoms with van der Waals surface area (Å²) in [4.78, 5) is 0.281. The molecule has 1 atom stereocenters. The van der Waals surface area contributed by atoms with Crippen molar-refractivity contribution in [2.24, 2.45) is 0 Å². The molecule has 0 N–H and O–H groups in total. The van der Waals surface area contributed by atoms with Crippen LogP contribution in [0.3, 0.4) is 0 Å². The molecule has 2 rings (SSSR count). The molecule has 0 aromatic heterocycles. The molecule has 0 saturated carbocycles. The van der Waals surface area contributed by atoms with Gasteiger partial charge in [0.15, 0.2) is 0 Å². The number of halogens is 3. The molecule has 1 nitrogen and oxygen atoms in total. The summed E-state index contributed by atoms with van der Waals surface area (Å²) in [5, 5.41) is 1.12. The van der Waals surface area contributed by atoms with E-state index >= 15 is 0 Å². The maximum atomic E-state index is 5.93. The molecular weight excluding hydrogens is 335 g/mol. The quantitative estimate of drug-likeness (QED) is 0.598. The van der Waals surface area contributed by atoms with Gasteiger partial charge in [0.1, 0.15) is 11.5 Å². The van der Waals surface area contributed by atoms with E-state index < -0.39 is 0 Å². The number of benzene rings is 2. The molecule has 1 unspecified atom stereocenters. The van der Waals surface area contributed by atoms with Gasteiger partial charge in [0, 0.05) is 14.9 Å². The summed E-state index contributed by atoms with van der Waals surface area (Å²) in [5.41, 5.74) is 1.15. The molecule has 4 heteroatoms. The van der Waals surface area contributed by atoms with Crippen LogP contribution in [0.2, 0.25) is 10.0 Å². The van der Waals surface area contributed by atoms with E-state index in [1.54, 1.807) is 18.2 Å². The van der Waals surface area contributed by atoms with Crippen molar-refractivity contribution in [1.82, 2.24) is 0 Å². The standard InChI is InChI=1S/C14H11BrCl2O/c1-9(15)10-3-2-4-13(5-10)18-14-7-11(16)6-12(17)8-14/h2-9H,1H3. The van der Waals surface area contributed by atoms with Gasteiger partial charge < -0.3 is 4.74 Å². The van der Waals surface area contributed by atoms with Gasteiger partial charge in [0.05, 0.1) is 0 Å². The Bertz CT molecular complexity index is 535. The molecule has 0 spiro atoms. The van der Waals surface area contributed by atoms with Crippen molar-refractivity contribution in [3.05, 3.63) is 58.1 Å². The third-order valence-corrected chi connectivity index (χ3v) is 3.35. The molecule has 0 bridgehead atoms. The molecule has 0 saturated heterocycles. The van der Waals surface area contributed by atoms with Gasteiger partial charge in [-0.15, -0.1) is 0 Å². The average Bonchev–Trinajstić information content (AvgIpc) is 2.27. The van der Waals surface area contributed by atoms with Gasteiger partial charge in [-0.1, -0.05) is 51.3 Å². The number of hydrogen-bond donors (Lipinski definition) is 0. The van der Waals surface area contributed by atoms with Crippen molar-refractivity contribution in [2.45, 2.75) is 11.8 Å². The number of hydrogen-bond acceptors (Lipinski definition) is 1. The Morgan fingerprint density at radius 1 is 1.00 bits per heavy atom. The lowest BCUT2D eigenvalue weighted by molar-refractivity contribution is 0.482. The average molecular weight is 346 g/mol. The normalized spacial score (nSPS) is 12.2. The Kier molecular flexibility index (Phi) is 4.55. The van der Waals surface area contributed by atoms with Crippen molar-refractivity contribution in [3.8, 4) is 11.5 Å². The van der Waals surface area contributed by atoms with Crippen LogP contribution in [0.5, 0.6) is 11.5 Å². The van der Waals surface area contributed by atoms with E-state index in [0.717, 1.165) is 11.3 Å². The van der Waals surface area contributed by atoms with Gasteiger partial charge >= 0.3 is 0 Å². The Balaban J connectivity index is 2.25. The Morgan fingerprint density at radius 3 is 2.28 bits per heavy atom. The Hall–Kier alpha value is -0.700. The highest BCUT2D eigenvalue weighted by Gasteiger charge is 2.04. The zero-order chi connectivity index (χ0) is 13.1. The van der Waals surface area contributed by atoms with Crippen LogP contribution in [0.15, 0.2) is 42.5 Å². The van der Waals surface area contributed by atoms with Gasteiger partial charge in [-0.05, 0) is 42.8 Å². The van der Waals surface area contributed by atoms with Crippen molar-refractivity contribution in [2.75, 3.05) is 0 Å². The minimum Gasteiger partial charge on any atom is -0.457 e. The maximum Gasteiger partial charge on any atom is 0.130 e. The number of ether oxygens (including phenoxy) is 1. The highest BCUT2D eigenvalue weighted by molar-refractivity contribution is 9.09. The molecule has 2 aromatic carbocycles. The molecule has 18 heavy (non-hydrogen) atoms. The Labute approximate surface area is 125 Å². The molecule has 0 heterocycles. The van der Waals surface area contributed by atoms with Crippen molar-refractivity contribution >= 4 is 39.1 Å². The minimum atomic E-state index is 0.281. The van der Waals surface area contributed by atoms with Gasteiger partial charge in [-0.25, -0.2) is 0 Å². The second kappa shape index (κ2) is 5.96. The SMILES string of the molecule is CC(Br)c1cccc(Oc2cc(Cl)cc(Cl)c2)c1. The van der Waals surface area contributed by atoms with E-state index in [1.807, 2.05) is 24.3 Å². The molecule has 0 aliphatic carbocycles. The van der Waals surface area contributed by atoms with Gasteiger partial charge in [-0.3, -0.25) is 0 Å². The lowest BCUT2D eigenvalue weighted by atomic mass is 10.2. The monoisotopic (exact) mass is 344 g/mol. The van der Waals surface area contributed by atoms with E-state index in [4.69, 9.17) is 27.9 Å². The van der Waals surface area contributed by atoms with Crippen LogP contribution in [0, 0.1) is 0 Å². The van der Waals surface area contributed by atoms with E-state index in [-0.39, 0.29) is 4.83 Å². The van der Waals surface area contributed by atoms with E-state index in [1.165, 1.54) is 0 Å². The first kappa shape index (κ1) is 13.7. The van der Waals surface area contributed by atoms with Crippen LogP contribution in [0.4, 0.5) is 0 Å². The van der Waals surface area contributed by atoms with Crippen molar-refractivity contribution < 1.29 is 4.74 Å². The van der Waals surface area contributed by atoms with Crippen LogP contribution in [0.1, 0.15) is 17.3 Å². The highest BCUT2D eigenvalue weighted by atomic mass is 79.9. The van der Waals surface area contributed by atoms with Crippen LogP contribution >= 0.6 is 39.1 Å². The summed E-state index contributed by atoms with van der Waals surface area (Å²) < 4.78 is 5.74. The van der Waals surface area contributed by atoms with Crippen LogP contribution < -0.4 is 4.74 Å². The first-order valence-corrected chi connectivity index (χ1v) is 7.10. The summed E-state index contributed by atoms with van der Waals surface area (Å²) in [6, 6.07) is 13.0. The topological polar surface area (TPSA) is 9.23 Å². The maximum absolute atomic E-state index is 5.93. The second-order valence-corrected chi connectivity index (χ2v) is 6.14. The smallest absolute Gasteiger partial charge is 0.130 e. The first-order chi connectivity index (χ1) is 8.54. The predicted molar refractivity (Wildman–Crippen MR) is 80.3 cm³/mol. The Morgan fingerprint density at radius 2 is 1.67 bits per heavy atom. The van der Waals surface area contributed by atoms with Crippen LogP contribution in [0.25, 0.3) is 0 Å². The molecule has 0 amide bonds. The van der Waals surface area contributed by atoms with Crippen molar-refractivity contribution in [3.63, 3.8) is 0 Å². The summed E-state index contributed by atoms with van der Waals surface area (Å²) in [6.07, 6.45) is 0. The highest BCUT2D eigenvalue weighted by Crippen LogP contribution is 2.30. The molecule has 0 aliphatic heterocycles. The van der Waals surface area contributed by atoms with E-state index in [0.29, 0.717) is 15.8 Å². The lowest BCUT2D eigenvalue weighted by Gasteiger charge is -2.09. The summed E-state index contributed by atoms with van der Waals surface area (Å²) in [6.45, 7) is 2.06. The van der Waals surface area contributed by atoms with Gasteiger partial charge in [0.2, 0.25) is 0 Å². The molecule has 2 aromatic rings. The summed E-state index contributed by atoms with van der Waals surface area (Å²) in [5.74, 6) is 1.39. The van der Waals surface area contributed by atoms with Crippen molar-refractivity contribution in [1.29, 1.82) is 0 Å². The van der Waals surface area contributed by atoms with E-state index in [2.05, 4.69) is 22.9 Å². The fraction of sp³-hybridized carbons (Fsp3) is 0.143. The molecule has 94 valence electrons. The fourth-order valence-corrected chi connectivity index (χ4v) is 2.34. The largest absolute Gasteiger partial charge is 0.457 e. The van der Waals surface area contributed by atoms with Gasteiger partial charge in [-0.2, -0.15) is 0 Å². The molecule has 0 fully saturated rings.